The lowest BCUT2D eigenvalue weighted by molar-refractivity contribution is -0.146. The van der Waals surface area contributed by atoms with Gasteiger partial charge in [0.05, 0.1) is 7.11 Å². The van der Waals surface area contributed by atoms with E-state index in [-0.39, 0.29) is 30.4 Å². The first-order valence-electron chi connectivity index (χ1n) is 15.6. The number of hydrogen-bond donors (Lipinski definition) is 4. The van der Waals surface area contributed by atoms with E-state index < -0.39 is 53.3 Å². The summed E-state index contributed by atoms with van der Waals surface area (Å²) >= 11 is 0. The Labute approximate surface area is 267 Å². The molecule has 1 aliphatic heterocycles. The van der Waals surface area contributed by atoms with Crippen LogP contribution in [0.15, 0.2) is 53.1 Å². The van der Waals surface area contributed by atoms with Crippen molar-refractivity contribution >= 4 is 40.4 Å². The molecule has 12 heteroatoms. The molecule has 1 saturated heterocycles. The first-order valence-corrected chi connectivity index (χ1v) is 15.6. The molecule has 1 aliphatic carbocycles. The van der Waals surface area contributed by atoms with E-state index in [1.165, 1.54) is 13.2 Å². The quantitative estimate of drug-likeness (QED) is 0.209. The summed E-state index contributed by atoms with van der Waals surface area (Å²) in [6.07, 6.45) is 2.90. The van der Waals surface area contributed by atoms with Gasteiger partial charge in [-0.25, -0.2) is 4.79 Å². The first-order chi connectivity index (χ1) is 21.9. The fraction of sp³-hybridized carbons (Fsp3) is 0.471. The number of aryl methyl sites for hydroxylation is 1. The summed E-state index contributed by atoms with van der Waals surface area (Å²) < 4.78 is 10.0. The number of carbonyl (C=O) groups excluding carboxylic acids is 5. The van der Waals surface area contributed by atoms with Crippen LogP contribution in [0.5, 0.6) is 0 Å². The molecular weight excluding hydrogens is 590 g/mol. The second kappa shape index (κ2) is 13.7. The number of aromatic nitrogens is 1. The number of methoxy groups -OCH3 is 1. The number of nitrogens with one attached hydrogen (secondary N) is 4. The molecule has 46 heavy (non-hydrogen) atoms. The number of rotatable bonds is 13. The highest BCUT2D eigenvalue weighted by Crippen LogP contribution is 2.34. The third-order valence-electron chi connectivity index (χ3n) is 8.60. The molecule has 2 fully saturated rings. The van der Waals surface area contributed by atoms with Gasteiger partial charge in [-0.3, -0.25) is 19.2 Å². The molecular formula is C34H41N5O7. The van der Waals surface area contributed by atoms with E-state index >= 15 is 0 Å². The number of hydrogen-bond acceptors (Lipinski definition) is 8. The maximum atomic E-state index is 13.9. The van der Waals surface area contributed by atoms with Crippen molar-refractivity contribution in [1.29, 1.82) is 0 Å². The average Bonchev–Trinajstić information content (AvgIpc) is 3.66. The maximum Gasteiger partial charge on any atom is 0.328 e. The number of carbonyl (C=O) groups is 5. The molecule has 1 saturated carbocycles. The van der Waals surface area contributed by atoms with Crippen LogP contribution in [-0.4, -0.2) is 65.5 Å². The van der Waals surface area contributed by atoms with E-state index in [1.54, 1.807) is 6.92 Å². The summed E-state index contributed by atoms with van der Waals surface area (Å²) in [4.78, 5) is 66.1. The third-order valence-corrected chi connectivity index (χ3v) is 8.60. The van der Waals surface area contributed by atoms with Crippen LogP contribution in [0.1, 0.15) is 67.8 Å². The van der Waals surface area contributed by atoms with Crippen LogP contribution in [0.4, 0.5) is 0 Å². The van der Waals surface area contributed by atoms with Gasteiger partial charge in [0.25, 0.3) is 5.91 Å². The predicted octanol–water partition coefficient (Wildman–Crippen LogP) is 2.72. The van der Waals surface area contributed by atoms with Crippen molar-refractivity contribution in [3.05, 3.63) is 65.5 Å². The minimum atomic E-state index is -1.08. The average molecular weight is 632 g/mol. The number of fused-ring (bicyclic) bond motifs is 1. The zero-order valence-electron chi connectivity index (χ0n) is 26.6. The van der Waals surface area contributed by atoms with Crippen molar-refractivity contribution in [3.63, 3.8) is 0 Å². The third kappa shape index (κ3) is 8.09. The lowest BCUT2D eigenvalue weighted by Crippen LogP contribution is -2.56. The molecule has 0 unspecified atom stereocenters. The van der Waals surface area contributed by atoms with Crippen molar-refractivity contribution in [2.45, 2.75) is 83.0 Å². The summed E-state index contributed by atoms with van der Waals surface area (Å²) in [5.41, 5.74) is 0.436. The van der Waals surface area contributed by atoms with Crippen molar-refractivity contribution in [1.82, 2.24) is 26.4 Å². The monoisotopic (exact) mass is 631 g/mol. The lowest BCUT2D eigenvalue weighted by atomic mass is 9.91. The molecule has 2 heterocycles. The van der Waals surface area contributed by atoms with Gasteiger partial charge in [-0.2, -0.15) is 0 Å². The fourth-order valence-corrected chi connectivity index (χ4v) is 6.09. The van der Waals surface area contributed by atoms with Crippen molar-refractivity contribution in [2.75, 3.05) is 7.11 Å². The molecule has 4 atom stereocenters. The van der Waals surface area contributed by atoms with Gasteiger partial charge >= 0.3 is 5.97 Å². The van der Waals surface area contributed by atoms with Crippen LogP contribution in [0.2, 0.25) is 0 Å². The summed E-state index contributed by atoms with van der Waals surface area (Å²) in [5, 5.41) is 17.0. The summed E-state index contributed by atoms with van der Waals surface area (Å²) in [7, 11) is 1.22. The fourth-order valence-electron chi connectivity index (χ4n) is 6.09. The Morgan fingerprint density at radius 1 is 0.978 bits per heavy atom. The Kier molecular flexibility index (Phi) is 9.74. The number of amides is 4. The summed E-state index contributed by atoms with van der Waals surface area (Å²) in [6.45, 7) is 5.46. The van der Waals surface area contributed by atoms with Gasteiger partial charge in [-0.15, -0.1) is 0 Å². The first kappa shape index (κ1) is 32.6. The molecule has 5 rings (SSSR count). The van der Waals surface area contributed by atoms with Gasteiger partial charge in [-0.1, -0.05) is 60.5 Å². The lowest BCUT2D eigenvalue weighted by Gasteiger charge is -2.26. The van der Waals surface area contributed by atoms with E-state index in [4.69, 9.17) is 9.26 Å². The topological polar surface area (TPSA) is 169 Å². The Hall–Kier alpha value is -4.74. The highest BCUT2D eigenvalue weighted by Gasteiger charge is 2.41. The van der Waals surface area contributed by atoms with Crippen LogP contribution in [0, 0.1) is 18.8 Å². The molecule has 12 nitrogen and oxygen atoms in total. The SMILES string of the molecule is COC(=O)[C@H](C[C@@H]1CC(C)(C)NC1=O)NC(=O)[C@H](CC1CC1)NC(=O)[C@H](Cc1cccc2ccccc12)NC(=O)c1cc(C)on1. The van der Waals surface area contributed by atoms with Gasteiger partial charge in [0.1, 0.15) is 23.9 Å². The normalized spacial score (nSPS) is 19.0. The highest BCUT2D eigenvalue weighted by atomic mass is 16.5. The molecule has 4 amide bonds. The van der Waals surface area contributed by atoms with Crippen LogP contribution in [0.3, 0.4) is 0 Å². The smallest absolute Gasteiger partial charge is 0.328 e. The molecule has 1 aromatic heterocycles. The maximum absolute atomic E-state index is 13.9. The van der Waals surface area contributed by atoms with Crippen LogP contribution >= 0.6 is 0 Å². The summed E-state index contributed by atoms with van der Waals surface area (Å²) in [5.74, 6) is -2.39. The van der Waals surface area contributed by atoms with E-state index in [2.05, 4.69) is 26.4 Å². The largest absolute Gasteiger partial charge is 0.467 e. The number of ether oxygens (including phenoxy) is 1. The van der Waals surface area contributed by atoms with E-state index in [0.29, 0.717) is 18.6 Å². The molecule has 244 valence electrons. The molecule has 2 aliphatic rings. The van der Waals surface area contributed by atoms with Crippen LogP contribution < -0.4 is 21.3 Å². The van der Waals surface area contributed by atoms with Gasteiger partial charge in [0.15, 0.2) is 5.69 Å². The Morgan fingerprint density at radius 2 is 1.67 bits per heavy atom. The Morgan fingerprint density at radius 3 is 2.33 bits per heavy atom. The van der Waals surface area contributed by atoms with Crippen molar-refractivity contribution in [3.8, 4) is 0 Å². The highest BCUT2D eigenvalue weighted by molar-refractivity contribution is 5.98. The zero-order chi connectivity index (χ0) is 33.0. The molecule has 0 radical (unpaired) electrons. The van der Waals surface area contributed by atoms with Crippen LogP contribution in [-0.2, 0) is 30.3 Å². The van der Waals surface area contributed by atoms with E-state index in [1.807, 2.05) is 56.3 Å². The van der Waals surface area contributed by atoms with Crippen molar-refractivity contribution in [2.24, 2.45) is 11.8 Å². The molecule has 4 N–H and O–H groups in total. The van der Waals surface area contributed by atoms with E-state index in [9.17, 15) is 24.0 Å². The predicted molar refractivity (Wildman–Crippen MR) is 168 cm³/mol. The Balaban J connectivity index is 1.36. The minimum absolute atomic E-state index is 0.0283. The molecule has 3 aromatic rings. The Bertz CT molecular complexity index is 1620. The van der Waals surface area contributed by atoms with Gasteiger partial charge < -0.3 is 30.5 Å². The molecule has 0 bridgehead atoms. The van der Waals surface area contributed by atoms with Crippen molar-refractivity contribution < 1.29 is 33.2 Å². The second-order valence-electron chi connectivity index (χ2n) is 13.0. The molecule has 0 spiro atoms. The van der Waals surface area contributed by atoms with Gasteiger partial charge in [0, 0.05) is 23.9 Å². The van der Waals surface area contributed by atoms with Gasteiger partial charge in [0.2, 0.25) is 17.7 Å². The van der Waals surface area contributed by atoms with Crippen LogP contribution in [0.25, 0.3) is 10.8 Å². The standard InChI is InChI=1S/C34H41N5O7/c1-19-14-27(39-46-19)32(43)36-26(16-22-10-7-9-21-8-5-6-11-24(21)22)31(42)35-25(15-20-12-13-20)30(41)37-28(33(44)45-4)17-23-18-34(2,3)38-29(23)40/h5-11,14,20,23,25-26,28H,12-13,15-18H2,1-4H3,(H,35,42)(H,36,43)(H,37,41)(H,38,40)/t23-,25+,26+,28+/m1/s1. The zero-order valence-corrected chi connectivity index (χ0v) is 26.6. The van der Waals surface area contributed by atoms with E-state index in [0.717, 1.165) is 29.2 Å². The molecule has 2 aromatic carbocycles. The number of esters is 1. The minimum Gasteiger partial charge on any atom is -0.467 e. The summed E-state index contributed by atoms with van der Waals surface area (Å²) in [6, 6.07) is 11.8. The van der Waals surface area contributed by atoms with Gasteiger partial charge in [-0.05, 0) is 62.3 Å². The number of benzene rings is 2. The number of nitrogens with zero attached hydrogens (tertiary/aromatic N) is 1. The second-order valence-corrected chi connectivity index (χ2v) is 13.0.